The molecule has 29 heavy (non-hydrogen) atoms. The number of amides is 1. The van der Waals surface area contributed by atoms with E-state index in [2.05, 4.69) is 22.9 Å². The van der Waals surface area contributed by atoms with E-state index in [-0.39, 0.29) is 12.5 Å². The van der Waals surface area contributed by atoms with Gasteiger partial charge >= 0.3 is 0 Å². The van der Waals surface area contributed by atoms with E-state index in [9.17, 15) is 9.90 Å². The third kappa shape index (κ3) is 6.86. The first-order valence-corrected chi connectivity index (χ1v) is 11.2. The number of rotatable bonds is 11. The molecule has 0 radical (unpaired) electrons. The van der Waals surface area contributed by atoms with Gasteiger partial charge in [-0.05, 0) is 50.1 Å². The summed E-state index contributed by atoms with van der Waals surface area (Å²) in [4.78, 5) is 14.7. The first-order valence-electron chi connectivity index (χ1n) is 10.4. The summed E-state index contributed by atoms with van der Waals surface area (Å²) in [6, 6.07) is 14.9. The number of hydrogen-bond donors (Lipinski definition) is 1. The van der Waals surface area contributed by atoms with Crippen molar-refractivity contribution in [2.45, 2.75) is 65.1 Å². The van der Waals surface area contributed by atoms with Crippen LogP contribution in [0.5, 0.6) is 5.75 Å². The van der Waals surface area contributed by atoms with E-state index in [0.29, 0.717) is 18.6 Å². The van der Waals surface area contributed by atoms with Crippen LogP contribution in [0.2, 0.25) is 0 Å². The van der Waals surface area contributed by atoms with Crippen molar-refractivity contribution >= 4 is 21.8 Å². The summed E-state index contributed by atoms with van der Waals surface area (Å²) in [7, 11) is 0. The molecule has 1 amide bonds. The molecule has 2 rings (SSSR count). The lowest BCUT2D eigenvalue weighted by molar-refractivity contribution is -0.0797. The molecule has 0 fully saturated rings. The molecule has 0 aliphatic rings. The molecule has 0 bridgehead atoms. The molecule has 0 aromatic heterocycles. The van der Waals surface area contributed by atoms with Crippen molar-refractivity contribution < 1.29 is 14.6 Å². The molecule has 0 heterocycles. The van der Waals surface area contributed by atoms with E-state index >= 15 is 0 Å². The largest absolute Gasteiger partial charge is 0.493 e. The Morgan fingerprint density at radius 3 is 2.41 bits per heavy atom. The van der Waals surface area contributed by atoms with Gasteiger partial charge in [0.2, 0.25) is 0 Å². The molecular formula is C24H32BrNO3. The van der Waals surface area contributed by atoms with Gasteiger partial charge in [-0.2, -0.15) is 0 Å². The second-order valence-corrected chi connectivity index (χ2v) is 8.40. The summed E-state index contributed by atoms with van der Waals surface area (Å²) < 4.78 is 6.91. The number of nitrogens with zero attached hydrogens (tertiary/aromatic N) is 1. The number of halogens is 1. The number of carbonyl (C=O) groups is 1. The maximum Gasteiger partial charge on any atom is 0.256 e. The van der Waals surface area contributed by atoms with Crippen molar-refractivity contribution in [1.29, 1.82) is 0 Å². The molecular weight excluding hydrogens is 430 g/mol. The van der Waals surface area contributed by atoms with E-state index in [1.165, 1.54) is 17.7 Å². The fourth-order valence-corrected chi connectivity index (χ4v) is 3.32. The van der Waals surface area contributed by atoms with Crippen molar-refractivity contribution in [3.05, 3.63) is 64.1 Å². The monoisotopic (exact) mass is 461 g/mol. The number of carbonyl (C=O) groups excluding carboxylic acids is 1. The Morgan fingerprint density at radius 2 is 1.76 bits per heavy atom. The predicted octanol–water partition coefficient (Wildman–Crippen LogP) is 6.17. The van der Waals surface area contributed by atoms with Crippen LogP contribution in [0.3, 0.4) is 0 Å². The lowest BCUT2D eigenvalue weighted by Gasteiger charge is -2.37. The molecule has 2 aromatic rings. The number of hydrogen-bond acceptors (Lipinski definition) is 3. The van der Waals surface area contributed by atoms with Gasteiger partial charge in [-0.1, -0.05) is 67.2 Å². The third-order valence-electron chi connectivity index (χ3n) is 5.14. The molecule has 0 spiro atoms. The van der Waals surface area contributed by atoms with Crippen LogP contribution in [-0.2, 0) is 6.54 Å². The first kappa shape index (κ1) is 23.4. The minimum Gasteiger partial charge on any atom is -0.493 e. The topological polar surface area (TPSA) is 49.8 Å². The van der Waals surface area contributed by atoms with E-state index in [1.807, 2.05) is 43.3 Å². The van der Waals surface area contributed by atoms with Crippen LogP contribution < -0.4 is 4.74 Å². The fraction of sp³-hybridized carbons (Fsp3) is 0.458. The van der Waals surface area contributed by atoms with E-state index < -0.39 is 5.72 Å². The van der Waals surface area contributed by atoms with Crippen LogP contribution >= 0.6 is 15.9 Å². The summed E-state index contributed by atoms with van der Waals surface area (Å²) >= 11 is 3.40. The van der Waals surface area contributed by atoms with Crippen molar-refractivity contribution in [2.24, 2.45) is 0 Å². The second kappa shape index (κ2) is 11.4. The van der Waals surface area contributed by atoms with E-state index in [1.54, 1.807) is 19.1 Å². The molecule has 2 aromatic carbocycles. The number of para-hydroxylation sites is 1. The predicted molar refractivity (Wildman–Crippen MR) is 121 cm³/mol. The summed E-state index contributed by atoms with van der Waals surface area (Å²) in [6.07, 6.45) is 4.98. The van der Waals surface area contributed by atoms with Crippen LogP contribution in [0.25, 0.3) is 0 Å². The second-order valence-electron chi connectivity index (χ2n) is 7.49. The van der Waals surface area contributed by atoms with Gasteiger partial charge in [0.1, 0.15) is 11.5 Å². The molecule has 0 aliphatic heterocycles. The molecule has 158 valence electrons. The molecule has 1 N–H and O–H groups in total. The zero-order valence-corrected chi connectivity index (χ0v) is 19.2. The zero-order chi connectivity index (χ0) is 21.3. The lowest BCUT2D eigenvalue weighted by atomic mass is 10.1. The Bertz CT molecular complexity index is 774. The van der Waals surface area contributed by atoms with Crippen molar-refractivity contribution in [3.63, 3.8) is 0 Å². The number of unbranched alkanes of at least 4 members (excludes halogenated alkanes) is 3. The highest BCUT2D eigenvalue weighted by Crippen LogP contribution is 2.27. The van der Waals surface area contributed by atoms with Gasteiger partial charge in [0, 0.05) is 15.6 Å². The Hall–Kier alpha value is -1.85. The Kier molecular flexibility index (Phi) is 9.18. The Morgan fingerprint density at radius 1 is 1.07 bits per heavy atom. The normalized spacial score (nSPS) is 13.0. The van der Waals surface area contributed by atoms with E-state index in [4.69, 9.17) is 4.74 Å². The van der Waals surface area contributed by atoms with Crippen molar-refractivity contribution in [1.82, 2.24) is 4.90 Å². The van der Waals surface area contributed by atoms with Crippen LogP contribution in [0, 0.1) is 0 Å². The molecule has 0 saturated heterocycles. The first-order chi connectivity index (χ1) is 13.9. The van der Waals surface area contributed by atoms with E-state index in [0.717, 1.165) is 28.6 Å². The highest BCUT2D eigenvalue weighted by molar-refractivity contribution is 9.10. The molecule has 0 saturated carbocycles. The minimum atomic E-state index is -1.27. The molecule has 5 heteroatoms. The average molecular weight is 462 g/mol. The lowest BCUT2D eigenvalue weighted by Crippen LogP contribution is -2.49. The summed E-state index contributed by atoms with van der Waals surface area (Å²) in [6.45, 7) is 6.67. The maximum atomic E-state index is 13.2. The minimum absolute atomic E-state index is 0.206. The van der Waals surface area contributed by atoms with Gasteiger partial charge < -0.3 is 14.7 Å². The average Bonchev–Trinajstić information content (AvgIpc) is 2.72. The van der Waals surface area contributed by atoms with Gasteiger partial charge in [0.15, 0.2) is 0 Å². The highest BCUT2D eigenvalue weighted by Gasteiger charge is 2.32. The summed E-state index contributed by atoms with van der Waals surface area (Å²) in [5.41, 5.74) is 0.167. The number of benzene rings is 2. The summed E-state index contributed by atoms with van der Waals surface area (Å²) in [5.74, 6) is 0.562. The highest BCUT2D eigenvalue weighted by atomic mass is 79.9. The van der Waals surface area contributed by atoms with Crippen LogP contribution in [-0.4, -0.2) is 28.2 Å². The Labute approximate surface area is 183 Å². The standard InChI is InChI=1S/C24H32BrNO3/c1-4-6-7-10-17-29-22-12-9-8-11-20(22)18-26(24(3,28)5-2)23(27)19-13-15-21(25)16-14-19/h8-9,11-16,28H,4-7,10,17-18H2,1-3H3. The van der Waals surface area contributed by atoms with Gasteiger partial charge in [-0.25, -0.2) is 0 Å². The summed E-state index contributed by atoms with van der Waals surface area (Å²) in [5, 5.41) is 10.9. The molecule has 1 unspecified atom stereocenters. The molecule has 0 aliphatic carbocycles. The zero-order valence-electron chi connectivity index (χ0n) is 17.7. The van der Waals surface area contributed by atoms with Crippen molar-refractivity contribution in [2.75, 3.05) is 6.61 Å². The third-order valence-corrected chi connectivity index (χ3v) is 5.67. The SMILES string of the molecule is CCCCCCOc1ccccc1CN(C(=O)c1ccc(Br)cc1)C(C)(O)CC. The smallest absolute Gasteiger partial charge is 0.256 e. The number of ether oxygens (including phenoxy) is 1. The number of aliphatic hydroxyl groups is 1. The van der Waals surface area contributed by atoms with Crippen molar-refractivity contribution in [3.8, 4) is 5.75 Å². The Balaban J connectivity index is 2.21. The fourth-order valence-electron chi connectivity index (χ4n) is 3.06. The quantitative estimate of drug-likeness (QED) is 0.321. The van der Waals surface area contributed by atoms with Crippen LogP contribution in [0.15, 0.2) is 53.0 Å². The molecule has 4 nitrogen and oxygen atoms in total. The van der Waals surface area contributed by atoms with Gasteiger partial charge in [0.05, 0.1) is 13.2 Å². The van der Waals surface area contributed by atoms with Gasteiger partial charge in [0.25, 0.3) is 5.91 Å². The maximum absolute atomic E-state index is 13.2. The van der Waals surface area contributed by atoms with Gasteiger partial charge in [-0.15, -0.1) is 0 Å². The van der Waals surface area contributed by atoms with Crippen LogP contribution in [0.1, 0.15) is 68.8 Å². The van der Waals surface area contributed by atoms with Gasteiger partial charge in [-0.3, -0.25) is 4.79 Å². The van der Waals surface area contributed by atoms with Crippen LogP contribution in [0.4, 0.5) is 0 Å². The molecule has 1 atom stereocenters.